The molecule has 1 aliphatic heterocycles. The molecule has 8 heteroatoms. The van der Waals surface area contributed by atoms with Crippen molar-refractivity contribution in [2.24, 2.45) is 0 Å². The molecule has 3 aromatic rings. The lowest BCUT2D eigenvalue weighted by atomic mass is 9.76. The Kier molecular flexibility index (Phi) is 10.5. The van der Waals surface area contributed by atoms with Gasteiger partial charge in [0.15, 0.2) is 5.65 Å². The maximum atomic E-state index is 12.8. The first kappa shape index (κ1) is 31.8. The minimum atomic E-state index is -0.919. The predicted molar refractivity (Wildman–Crippen MR) is 176 cm³/mol. The molecule has 7 nitrogen and oxygen atoms in total. The molecule has 2 aromatic heterocycles. The minimum Gasteiger partial charge on any atom is -0.395 e. The molecule has 0 aliphatic carbocycles. The van der Waals surface area contributed by atoms with Crippen LogP contribution in [0.4, 0.5) is 5.82 Å². The SMILES string of the molecule is BC(C)(O)c1ccc(CCC(=O)NCCC(C)c2cc(N3CCC3)nc3cc(C(C)CCCCC)nn23)c(C(=C)C)c1. The van der Waals surface area contributed by atoms with E-state index in [2.05, 4.69) is 49.7 Å². The van der Waals surface area contributed by atoms with Crippen LogP contribution < -0.4 is 10.2 Å². The van der Waals surface area contributed by atoms with Crippen LogP contribution >= 0.6 is 0 Å². The summed E-state index contributed by atoms with van der Waals surface area (Å²) in [6.07, 6.45) is 7.92. The molecule has 0 bridgehead atoms. The predicted octanol–water partition coefficient (Wildman–Crippen LogP) is 5.70. The Morgan fingerprint density at radius 1 is 1.17 bits per heavy atom. The van der Waals surface area contributed by atoms with Crippen LogP contribution in [0.3, 0.4) is 0 Å². The standard InChI is InChI=1S/C34H50BN5O2/c1-7-8-9-11-24(4)29-21-32-37-31(39-18-10-19-39)22-30(40(32)38-29)25(5)16-17-36-33(41)15-13-26-12-14-27(34(6,35)42)20-28(26)23(2)3/h12,14,20-22,24-25,42H,2,7-11,13,15-19,35H2,1,3-6H3,(H,36,41). The number of aliphatic hydroxyl groups is 1. The highest BCUT2D eigenvalue weighted by molar-refractivity contribution is 6.14. The number of hydrogen-bond acceptors (Lipinski definition) is 5. The molecule has 3 heterocycles. The van der Waals surface area contributed by atoms with Gasteiger partial charge in [-0.2, -0.15) is 5.10 Å². The molecule has 42 heavy (non-hydrogen) atoms. The number of anilines is 1. The van der Waals surface area contributed by atoms with Crippen molar-refractivity contribution in [1.82, 2.24) is 19.9 Å². The number of carbonyl (C=O) groups excluding carboxylic acids is 1. The largest absolute Gasteiger partial charge is 0.395 e. The van der Waals surface area contributed by atoms with E-state index in [1.54, 1.807) is 14.8 Å². The summed E-state index contributed by atoms with van der Waals surface area (Å²) in [6.45, 7) is 17.3. The highest BCUT2D eigenvalue weighted by atomic mass is 16.3. The second kappa shape index (κ2) is 13.9. The molecule has 0 saturated carbocycles. The zero-order chi connectivity index (χ0) is 30.4. The number of nitrogens with zero attached hydrogens (tertiary/aromatic N) is 4. The molecule has 1 fully saturated rings. The molecule has 3 unspecified atom stereocenters. The zero-order valence-corrected chi connectivity index (χ0v) is 26.7. The van der Waals surface area contributed by atoms with Gasteiger partial charge >= 0.3 is 0 Å². The lowest BCUT2D eigenvalue weighted by molar-refractivity contribution is -0.121. The molecule has 226 valence electrons. The van der Waals surface area contributed by atoms with Crippen LogP contribution in [-0.2, 0) is 16.7 Å². The van der Waals surface area contributed by atoms with Gasteiger partial charge in [-0.05, 0) is 62.3 Å². The van der Waals surface area contributed by atoms with Crippen LogP contribution in [-0.4, -0.2) is 53.1 Å². The van der Waals surface area contributed by atoms with Gasteiger partial charge in [0.1, 0.15) is 13.7 Å². The van der Waals surface area contributed by atoms with Crippen LogP contribution in [0.2, 0.25) is 0 Å². The number of amides is 1. The summed E-state index contributed by atoms with van der Waals surface area (Å²) in [5, 5.41) is 18.6. The lowest BCUT2D eigenvalue weighted by Gasteiger charge is -2.32. The molecular formula is C34H50BN5O2. The van der Waals surface area contributed by atoms with E-state index in [1.165, 1.54) is 25.7 Å². The highest BCUT2D eigenvalue weighted by Crippen LogP contribution is 2.29. The topological polar surface area (TPSA) is 82.8 Å². The fourth-order valence-corrected chi connectivity index (χ4v) is 5.63. The molecule has 1 saturated heterocycles. The minimum absolute atomic E-state index is 0.0462. The number of benzene rings is 1. The first-order valence-electron chi connectivity index (χ1n) is 15.9. The van der Waals surface area contributed by atoms with Crippen molar-refractivity contribution >= 4 is 30.8 Å². The Labute approximate surface area is 253 Å². The first-order chi connectivity index (χ1) is 20.0. The van der Waals surface area contributed by atoms with Crippen LogP contribution in [0.25, 0.3) is 11.2 Å². The van der Waals surface area contributed by atoms with Gasteiger partial charge in [-0.1, -0.05) is 64.3 Å². The summed E-state index contributed by atoms with van der Waals surface area (Å²) in [5.41, 5.74) is 6.14. The summed E-state index contributed by atoms with van der Waals surface area (Å²) in [5.74, 6) is 1.70. The van der Waals surface area contributed by atoms with Gasteiger partial charge in [-0.15, -0.1) is 0 Å². The van der Waals surface area contributed by atoms with Crippen LogP contribution in [0.5, 0.6) is 0 Å². The van der Waals surface area contributed by atoms with Crippen LogP contribution in [0, 0.1) is 0 Å². The van der Waals surface area contributed by atoms with Crippen molar-refractivity contribution in [1.29, 1.82) is 0 Å². The monoisotopic (exact) mass is 571 g/mol. The van der Waals surface area contributed by atoms with Gasteiger partial charge < -0.3 is 15.3 Å². The van der Waals surface area contributed by atoms with Gasteiger partial charge in [0, 0.05) is 50.0 Å². The van der Waals surface area contributed by atoms with E-state index in [0.29, 0.717) is 25.3 Å². The van der Waals surface area contributed by atoms with E-state index in [4.69, 9.17) is 10.1 Å². The van der Waals surface area contributed by atoms with Gasteiger partial charge in [0.2, 0.25) is 5.91 Å². The number of rotatable bonds is 15. The second-order valence-electron chi connectivity index (χ2n) is 12.9. The number of aromatic nitrogens is 3. The maximum Gasteiger partial charge on any atom is 0.220 e. The summed E-state index contributed by atoms with van der Waals surface area (Å²) in [7, 11) is 1.78. The number of allylic oxidation sites excluding steroid dienone is 1. The molecule has 4 rings (SSSR count). The van der Waals surface area contributed by atoms with E-state index in [0.717, 1.165) is 71.0 Å². The Bertz CT molecular complexity index is 1390. The quantitative estimate of drug-likeness (QED) is 0.181. The van der Waals surface area contributed by atoms with E-state index in [9.17, 15) is 9.90 Å². The number of nitrogens with one attached hydrogen (secondary N) is 1. The van der Waals surface area contributed by atoms with Crippen molar-refractivity contribution < 1.29 is 9.90 Å². The molecule has 0 radical (unpaired) electrons. The highest BCUT2D eigenvalue weighted by Gasteiger charge is 2.22. The van der Waals surface area contributed by atoms with Gasteiger partial charge in [0.05, 0.1) is 16.9 Å². The van der Waals surface area contributed by atoms with Crippen LogP contribution in [0.1, 0.15) is 119 Å². The summed E-state index contributed by atoms with van der Waals surface area (Å²) < 4.78 is 2.04. The Morgan fingerprint density at radius 2 is 1.93 bits per heavy atom. The van der Waals surface area contributed by atoms with Gasteiger partial charge in [-0.3, -0.25) is 4.79 Å². The summed E-state index contributed by atoms with van der Waals surface area (Å²) >= 11 is 0. The third-order valence-electron chi connectivity index (χ3n) is 8.69. The van der Waals surface area contributed by atoms with Crippen molar-refractivity contribution in [3.8, 4) is 0 Å². The second-order valence-corrected chi connectivity index (χ2v) is 12.9. The van der Waals surface area contributed by atoms with Gasteiger partial charge in [0.25, 0.3) is 0 Å². The number of carbonyl (C=O) groups is 1. The Balaban J connectivity index is 1.39. The number of unbranched alkanes of at least 4 members (excludes halogenated alkanes) is 2. The molecular weight excluding hydrogens is 521 g/mol. The van der Waals surface area contributed by atoms with Crippen molar-refractivity contribution in [3.63, 3.8) is 0 Å². The average molecular weight is 572 g/mol. The van der Waals surface area contributed by atoms with Crippen molar-refractivity contribution in [2.45, 2.75) is 103 Å². The molecule has 0 spiro atoms. The van der Waals surface area contributed by atoms with Crippen molar-refractivity contribution in [2.75, 3.05) is 24.5 Å². The van der Waals surface area contributed by atoms with E-state index in [-0.39, 0.29) is 11.8 Å². The third kappa shape index (κ3) is 7.83. The van der Waals surface area contributed by atoms with E-state index < -0.39 is 5.50 Å². The fraction of sp³-hybridized carbons (Fsp3) is 0.559. The Hall–Kier alpha value is -3.13. The van der Waals surface area contributed by atoms with E-state index in [1.807, 2.05) is 29.6 Å². The normalized spacial score (nSPS) is 16.1. The lowest BCUT2D eigenvalue weighted by Crippen LogP contribution is -2.37. The number of aryl methyl sites for hydroxylation is 1. The summed E-state index contributed by atoms with van der Waals surface area (Å²) in [4.78, 5) is 20.1. The molecule has 1 amide bonds. The molecule has 3 atom stereocenters. The Morgan fingerprint density at radius 3 is 2.57 bits per heavy atom. The van der Waals surface area contributed by atoms with Crippen molar-refractivity contribution in [3.05, 3.63) is 65.0 Å². The average Bonchev–Trinajstić information content (AvgIpc) is 3.34. The first-order valence-corrected chi connectivity index (χ1v) is 15.9. The number of fused-ring (bicyclic) bond motifs is 1. The molecule has 1 aromatic carbocycles. The van der Waals surface area contributed by atoms with E-state index >= 15 is 0 Å². The third-order valence-corrected chi connectivity index (χ3v) is 8.69. The smallest absolute Gasteiger partial charge is 0.220 e. The molecule has 2 N–H and O–H groups in total. The summed E-state index contributed by atoms with van der Waals surface area (Å²) in [6, 6.07) is 10.3. The van der Waals surface area contributed by atoms with Crippen LogP contribution in [0.15, 0.2) is 36.9 Å². The number of hydrogen-bond donors (Lipinski definition) is 2. The molecule has 1 aliphatic rings. The maximum absolute atomic E-state index is 12.8. The fourth-order valence-electron chi connectivity index (χ4n) is 5.63. The zero-order valence-electron chi connectivity index (χ0n) is 26.7. The van der Waals surface area contributed by atoms with Gasteiger partial charge in [-0.25, -0.2) is 9.50 Å².